The highest BCUT2D eigenvalue weighted by Gasteiger charge is 2.25. The van der Waals surface area contributed by atoms with Crippen LogP contribution in [0.3, 0.4) is 0 Å². The molecule has 0 radical (unpaired) electrons. The highest BCUT2D eigenvalue weighted by molar-refractivity contribution is 7.89. The van der Waals surface area contributed by atoms with E-state index in [2.05, 4.69) is 5.32 Å². The van der Waals surface area contributed by atoms with Crippen molar-refractivity contribution in [1.29, 1.82) is 0 Å². The van der Waals surface area contributed by atoms with E-state index in [9.17, 15) is 13.2 Å². The normalized spacial score (nSPS) is 15.2. The van der Waals surface area contributed by atoms with Crippen molar-refractivity contribution in [3.05, 3.63) is 48.0 Å². The van der Waals surface area contributed by atoms with E-state index >= 15 is 0 Å². The molecule has 1 aliphatic heterocycles. The Morgan fingerprint density at radius 3 is 2.29 bits per heavy atom. The summed E-state index contributed by atoms with van der Waals surface area (Å²) in [5.74, 6) is 0.757. The van der Waals surface area contributed by atoms with Crippen LogP contribution in [0.1, 0.15) is 49.9 Å². The smallest absolute Gasteiger partial charge is 0.255 e. The summed E-state index contributed by atoms with van der Waals surface area (Å²) in [5.41, 5.74) is 0.820. The molecule has 2 aromatic carbocycles. The van der Waals surface area contributed by atoms with Crippen LogP contribution in [0.25, 0.3) is 0 Å². The summed E-state index contributed by atoms with van der Waals surface area (Å²) >= 11 is 0. The van der Waals surface area contributed by atoms with Crippen LogP contribution < -0.4 is 14.8 Å². The monoisotopic (exact) mass is 446 g/mol. The molecule has 31 heavy (non-hydrogen) atoms. The molecule has 0 atom stereocenters. The molecule has 8 heteroatoms. The zero-order valence-electron chi connectivity index (χ0n) is 18.1. The Labute approximate surface area is 184 Å². The molecule has 0 bridgehead atoms. The van der Waals surface area contributed by atoms with Gasteiger partial charge in [0.05, 0.1) is 18.1 Å². The van der Waals surface area contributed by atoms with Crippen LogP contribution in [0.5, 0.6) is 11.5 Å². The molecule has 1 heterocycles. The fourth-order valence-electron chi connectivity index (χ4n) is 3.56. The van der Waals surface area contributed by atoms with Gasteiger partial charge in [-0.2, -0.15) is 4.31 Å². The van der Waals surface area contributed by atoms with Crippen molar-refractivity contribution in [2.75, 3.05) is 31.6 Å². The van der Waals surface area contributed by atoms with Crippen LogP contribution in [0.4, 0.5) is 5.69 Å². The predicted octanol–water partition coefficient (Wildman–Crippen LogP) is 4.30. The van der Waals surface area contributed by atoms with Crippen LogP contribution in [-0.2, 0) is 10.0 Å². The number of hydrogen-bond acceptors (Lipinski definition) is 5. The molecule has 1 N–H and O–H groups in total. The standard InChI is InChI=1S/C23H30N2O5S/c1-3-29-21-13-12-19(17-22(21)30-4-2)24-23(26)18-10-9-11-20(16-18)31(27,28)25-14-7-5-6-8-15-25/h9-13,16-17H,3-8,14-15H2,1-2H3,(H,24,26). The minimum absolute atomic E-state index is 0.142. The Balaban J connectivity index is 1.79. The number of amides is 1. The van der Waals surface area contributed by atoms with Crippen molar-refractivity contribution in [3.63, 3.8) is 0 Å². The quantitative estimate of drug-likeness (QED) is 0.653. The van der Waals surface area contributed by atoms with Gasteiger partial charge in [0.15, 0.2) is 11.5 Å². The van der Waals surface area contributed by atoms with Crippen molar-refractivity contribution in [2.45, 2.75) is 44.4 Å². The van der Waals surface area contributed by atoms with Crippen LogP contribution >= 0.6 is 0 Å². The molecule has 0 aliphatic carbocycles. The van der Waals surface area contributed by atoms with Gasteiger partial charge < -0.3 is 14.8 Å². The maximum absolute atomic E-state index is 13.1. The number of hydrogen-bond donors (Lipinski definition) is 1. The summed E-state index contributed by atoms with van der Waals surface area (Å²) in [7, 11) is -3.62. The third-order valence-electron chi connectivity index (χ3n) is 5.10. The molecule has 0 spiro atoms. The average Bonchev–Trinajstić information content (AvgIpc) is 3.06. The second-order valence-electron chi connectivity index (χ2n) is 7.33. The maximum Gasteiger partial charge on any atom is 0.255 e. The molecule has 1 fully saturated rings. The Morgan fingerprint density at radius 2 is 1.61 bits per heavy atom. The number of ether oxygens (including phenoxy) is 2. The van der Waals surface area contributed by atoms with Crippen LogP contribution in [0.2, 0.25) is 0 Å². The van der Waals surface area contributed by atoms with E-state index in [1.165, 1.54) is 10.4 Å². The summed E-state index contributed by atoms with van der Waals surface area (Å²) in [5, 5.41) is 2.81. The second kappa shape index (κ2) is 10.6. The van der Waals surface area contributed by atoms with E-state index in [1.807, 2.05) is 13.8 Å². The fraction of sp³-hybridized carbons (Fsp3) is 0.435. The van der Waals surface area contributed by atoms with Crippen molar-refractivity contribution in [1.82, 2.24) is 4.31 Å². The average molecular weight is 447 g/mol. The molecule has 1 amide bonds. The van der Waals surface area contributed by atoms with E-state index in [0.717, 1.165) is 25.7 Å². The molecule has 3 rings (SSSR count). The maximum atomic E-state index is 13.1. The van der Waals surface area contributed by atoms with E-state index in [-0.39, 0.29) is 16.4 Å². The summed E-state index contributed by atoms with van der Waals surface area (Å²) in [6.45, 7) is 5.77. The Bertz CT molecular complexity index is 999. The van der Waals surface area contributed by atoms with E-state index in [1.54, 1.807) is 36.4 Å². The molecule has 0 saturated carbocycles. The number of nitrogens with zero attached hydrogens (tertiary/aromatic N) is 1. The molecular formula is C23H30N2O5S. The summed E-state index contributed by atoms with van der Waals surface area (Å²) in [6, 6.07) is 11.4. The second-order valence-corrected chi connectivity index (χ2v) is 9.27. The minimum Gasteiger partial charge on any atom is -0.490 e. The van der Waals surface area contributed by atoms with Gasteiger partial charge in [0, 0.05) is 30.4 Å². The summed E-state index contributed by atoms with van der Waals surface area (Å²) in [6.07, 6.45) is 3.80. The minimum atomic E-state index is -3.62. The zero-order valence-corrected chi connectivity index (χ0v) is 18.9. The van der Waals surface area contributed by atoms with Gasteiger partial charge in [-0.25, -0.2) is 8.42 Å². The highest BCUT2D eigenvalue weighted by atomic mass is 32.2. The third kappa shape index (κ3) is 5.77. The largest absolute Gasteiger partial charge is 0.490 e. The van der Waals surface area contributed by atoms with Crippen LogP contribution in [0, 0.1) is 0 Å². The number of sulfonamides is 1. The van der Waals surface area contributed by atoms with Crippen LogP contribution in [0.15, 0.2) is 47.4 Å². The molecule has 168 valence electrons. The molecule has 0 unspecified atom stereocenters. The number of carbonyl (C=O) groups is 1. The van der Waals surface area contributed by atoms with E-state index in [4.69, 9.17) is 9.47 Å². The first kappa shape index (κ1) is 23.1. The SMILES string of the molecule is CCOc1ccc(NC(=O)c2cccc(S(=O)(=O)N3CCCCCC3)c2)cc1OCC. The van der Waals surface area contributed by atoms with Crippen molar-refractivity contribution >= 4 is 21.6 Å². The predicted molar refractivity (Wildman–Crippen MR) is 120 cm³/mol. The highest BCUT2D eigenvalue weighted by Crippen LogP contribution is 2.31. The first-order chi connectivity index (χ1) is 15.0. The lowest BCUT2D eigenvalue weighted by atomic mass is 10.2. The third-order valence-corrected chi connectivity index (χ3v) is 6.99. The van der Waals surface area contributed by atoms with Gasteiger partial charge in [-0.05, 0) is 57.0 Å². The van der Waals surface area contributed by atoms with Gasteiger partial charge >= 0.3 is 0 Å². The Hall–Kier alpha value is -2.58. The molecule has 7 nitrogen and oxygen atoms in total. The topological polar surface area (TPSA) is 84.9 Å². The number of anilines is 1. The lowest BCUT2D eigenvalue weighted by Crippen LogP contribution is -2.32. The Kier molecular flexibility index (Phi) is 7.92. The summed E-state index contributed by atoms with van der Waals surface area (Å²) in [4.78, 5) is 13.0. The van der Waals surface area contributed by atoms with Gasteiger partial charge in [0.1, 0.15) is 0 Å². The van der Waals surface area contributed by atoms with E-state index in [0.29, 0.717) is 43.5 Å². The van der Waals surface area contributed by atoms with Gasteiger partial charge in [0.2, 0.25) is 10.0 Å². The van der Waals surface area contributed by atoms with Crippen molar-refractivity contribution in [2.24, 2.45) is 0 Å². The molecule has 2 aromatic rings. The molecule has 1 aliphatic rings. The number of carbonyl (C=O) groups excluding carboxylic acids is 1. The molecule has 1 saturated heterocycles. The van der Waals surface area contributed by atoms with Gasteiger partial charge in [-0.3, -0.25) is 4.79 Å². The Morgan fingerprint density at radius 1 is 0.935 bits per heavy atom. The first-order valence-electron chi connectivity index (χ1n) is 10.8. The van der Waals surface area contributed by atoms with Crippen LogP contribution in [-0.4, -0.2) is 44.9 Å². The molecular weight excluding hydrogens is 416 g/mol. The summed E-state index contributed by atoms with van der Waals surface area (Å²) < 4.78 is 38.8. The van der Waals surface area contributed by atoms with Gasteiger partial charge in [-0.1, -0.05) is 18.9 Å². The number of nitrogens with one attached hydrogen (secondary N) is 1. The molecule has 0 aromatic heterocycles. The fourth-order valence-corrected chi connectivity index (χ4v) is 5.12. The first-order valence-corrected chi connectivity index (χ1v) is 12.2. The lowest BCUT2D eigenvalue weighted by Gasteiger charge is -2.20. The zero-order chi connectivity index (χ0) is 22.3. The van der Waals surface area contributed by atoms with Crippen molar-refractivity contribution in [3.8, 4) is 11.5 Å². The van der Waals surface area contributed by atoms with E-state index < -0.39 is 10.0 Å². The van der Waals surface area contributed by atoms with Gasteiger partial charge in [-0.15, -0.1) is 0 Å². The lowest BCUT2D eigenvalue weighted by molar-refractivity contribution is 0.102. The number of rotatable bonds is 8. The number of benzene rings is 2. The van der Waals surface area contributed by atoms with Gasteiger partial charge in [0.25, 0.3) is 5.91 Å². The van der Waals surface area contributed by atoms with Crippen molar-refractivity contribution < 1.29 is 22.7 Å².